The van der Waals surface area contributed by atoms with Crippen molar-refractivity contribution in [2.75, 3.05) is 13.1 Å². The number of benzene rings is 1. The SMILES string of the molecule is C=C(C)c1cc(C(C)(C)C)cc2c(C[C@H](N)C(=O)NCCCCCCN)c(C(C)(C)C)[nH]c12. The zero-order valence-corrected chi connectivity index (χ0v) is 22.0. The number of aromatic nitrogens is 1. The fraction of sp³-hybridized carbons (Fsp3) is 0.607. The number of rotatable bonds is 10. The molecule has 0 fully saturated rings. The molecule has 1 amide bonds. The van der Waals surface area contributed by atoms with Crippen LogP contribution in [0, 0.1) is 0 Å². The third-order valence-corrected chi connectivity index (χ3v) is 6.28. The predicted molar refractivity (Wildman–Crippen MR) is 143 cm³/mol. The van der Waals surface area contributed by atoms with Crippen LogP contribution in [0.25, 0.3) is 16.5 Å². The summed E-state index contributed by atoms with van der Waals surface area (Å²) in [6, 6.07) is 3.92. The number of hydrogen-bond acceptors (Lipinski definition) is 3. The maximum atomic E-state index is 12.8. The molecule has 0 aliphatic rings. The molecule has 1 heterocycles. The Bertz CT molecular complexity index is 972. The molecule has 33 heavy (non-hydrogen) atoms. The fourth-order valence-corrected chi connectivity index (χ4v) is 4.25. The highest BCUT2D eigenvalue weighted by Crippen LogP contribution is 2.38. The van der Waals surface area contributed by atoms with Crippen LogP contribution in [-0.4, -0.2) is 30.0 Å². The van der Waals surface area contributed by atoms with Crippen LogP contribution in [-0.2, 0) is 22.0 Å². The average Bonchev–Trinajstić information content (AvgIpc) is 3.07. The molecular formula is C28H46N4O. The Morgan fingerprint density at radius 1 is 1.06 bits per heavy atom. The van der Waals surface area contributed by atoms with E-state index >= 15 is 0 Å². The molecule has 1 aromatic carbocycles. The molecule has 5 nitrogen and oxygen atoms in total. The van der Waals surface area contributed by atoms with Crippen molar-refractivity contribution in [1.82, 2.24) is 10.3 Å². The molecule has 0 saturated carbocycles. The fourth-order valence-electron chi connectivity index (χ4n) is 4.25. The number of aromatic amines is 1. The van der Waals surface area contributed by atoms with Crippen molar-refractivity contribution in [3.63, 3.8) is 0 Å². The van der Waals surface area contributed by atoms with Gasteiger partial charge in [-0.15, -0.1) is 0 Å². The molecule has 1 aromatic heterocycles. The van der Waals surface area contributed by atoms with Crippen LogP contribution < -0.4 is 16.8 Å². The van der Waals surface area contributed by atoms with Crippen molar-refractivity contribution in [1.29, 1.82) is 0 Å². The molecule has 2 rings (SSSR count). The maximum Gasteiger partial charge on any atom is 0.237 e. The Balaban J connectivity index is 2.40. The molecule has 1 atom stereocenters. The van der Waals surface area contributed by atoms with Crippen molar-refractivity contribution >= 4 is 22.4 Å². The van der Waals surface area contributed by atoms with Gasteiger partial charge in [-0.3, -0.25) is 4.79 Å². The van der Waals surface area contributed by atoms with Crippen LogP contribution in [0.4, 0.5) is 0 Å². The van der Waals surface area contributed by atoms with Gasteiger partial charge in [0, 0.05) is 28.6 Å². The molecule has 0 saturated heterocycles. The summed E-state index contributed by atoms with van der Waals surface area (Å²) in [5.74, 6) is -0.0878. The molecule has 0 unspecified atom stereocenters. The highest BCUT2D eigenvalue weighted by Gasteiger charge is 2.28. The lowest BCUT2D eigenvalue weighted by Crippen LogP contribution is -2.42. The Hall–Kier alpha value is -2.11. The largest absolute Gasteiger partial charge is 0.357 e. The summed E-state index contributed by atoms with van der Waals surface area (Å²) in [6.45, 7) is 20.9. The minimum Gasteiger partial charge on any atom is -0.357 e. The van der Waals surface area contributed by atoms with E-state index in [2.05, 4.69) is 70.6 Å². The predicted octanol–water partition coefficient (Wildman–Crippen LogP) is 5.30. The number of fused-ring (bicyclic) bond motifs is 1. The van der Waals surface area contributed by atoms with Gasteiger partial charge in [0.2, 0.25) is 5.91 Å². The average molecular weight is 455 g/mol. The van der Waals surface area contributed by atoms with Gasteiger partial charge in [-0.05, 0) is 67.0 Å². The van der Waals surface area contributed by atoms with E-state index < -0.39 is 6.04 Å². The van der Waals surface area contributed by atoms with Gasteiger partial charge in [0.15, 0.2) is 0 Å². The summed E-state index contributed by atoms with van der Waals surface area (Å²) in [5.41, 5.74) is 18.6. The highest BCUT2D eigenvalue weighted by atomic mass is 16.2. The molecule has 0 aliphatic heterocycles. The van der Waals surface area contributed by atoms with Gasteiger partial charge in [-0.1, -0.05) is 61.0 Å². The van der Waals surface area contributed by atoms with Crippen LogP contribution in [0.2, 0.25) is 0 Å². The van der Waals surface area contributed by atoms with Crippen molar-refractivity contribution in [3.05, 3.63) is 41.1 Å². The number of nitrogens with one attached hydrogen (secondary N) is 2. The van der Waals surface area contributed by atoms with Crippen LogP contribution in [0.15, 0.2) is 18.7 Å². The van der Waals surface area contributed by atoms with Crippen molar-refractivity contribution < 1.29 is 4.79 Å². The second-order valence-electron chi connectivity index (χ2n) is 11.5. The molecule has 0 radical (unpaired) electrons. The molecule has 2 aromatic rings. The third kappa shape index (κ3) is 6.94. The number of unbranched alkanes of at least 4 members (excludes halogenated alkanes) is 3. The number of carbonyl (C=O) groups is 1. The summed E-state index contributed by atoms with van der Waals surface area (Å²) in [7, 11) is 0. The summed E-state index contributed by atoms with van der Waals surface area (Å²) in [6.07, 6.45) is 4.66. The van der Waals surface area contributed by atoms with Gasteiger partial charge < -0.3 is 21.8 Å². The lowest BCUT2D eigenvalue weighted by molar-refractivity contribution is -0.122. The van der Waals surface area contributed by atoms with Gasteiger partial charge in [-0.2, -0.15) is 0 Å². The van der Waals surface area contributed by atoms with Crippen LogP contribution in [0.1, 0.15) is 96.5 Å². The summed E-state index contributed by atoms with van der Waals surface area (Å²) in [5, 5.41) is 4.17. The number of hydrogen-bond donors (Lipinski definition) is 4. The van der Waals surface area contributed by atoms with E-state index in [4.69, 9.17) is 11.5 Å². The molecule has 0 aliphatic carbocycles. The van der Waals surface area contributed by atoms with E-state index in [1.54, 1.807) is 0 Å². The number of allylic oxidation sites excluding steroid dienone is 1. The topological polar surface area (TPSA) is 96.9 Å². The maximum absolute atomic E-state index is 12.8. The second-order valence-corrected chi connectivity index (χ2v) is 11.5. The van der Waals surface area contributed by atoms with Crippen molar-refractivity contribution in [2.45, 2.75) is 97.4 Å². The first-order valence-electron chi connectivity index (χ1n) is 12.4. The Morgan fingerprint density at radius 2 is 1.70 bits per heavy atom. The Kier molecular flexibility index (Phi) is 8.94. The summed E-state index contributed by atoms with van der Waals surface area (Å²) in [4.78, 5) is 16.5. The molecular weight excluding hydrogens is 408 g/mol. The minimum atomic E-state index is -0.597. The quantitative estimate of drug-likeness (QED) is 0.367. The first-order valence-corrected chi connectivity index (χ1v) is 12.4. The Morgan fingerprint density at radius 3 is 2.24 bits per heavy atom. The second kappa shape index (κ2) is 10.9. The minimum absolute atomic E-state index is 0.00177. The number of carbonyl (C=O) groups excluding carboxylic acids is 1. The van der Waals surface area contributed by atoms with E-state index in [0.717, 1.165) is 65.5 Å². The van der Waals surface area contributed by atoms with Crippen molar-refractivity contribution in [3.8, 4) is 0 Å². The zero-order valence-electron chi connectivity index (χ0n) is 22.0. The van der Waals surface area contributed by atoms with Gasteiger partial charge in [0.25, 0.3) is 0 Å². The van der Waals surface area contributed by atoms with Crippen LogP contribution in [0.3, 0.4) is 0 Å². The van der Waals surface area contributed by atoms with Gasteiger partial charge in [0.05, 0.1) is 11.6 Å². The highest BCUT2D eigenvalue weighted by molar-refractivity contribution is 5.95. The zero-order chi connectivity index (χ0) is 25.0. The molecule has 184 valence electrons. The van der Waals surface area contributed by atoms with E-state index in [0.29, 0.717) is 13.0 Å². The number of amides is 1. The normalized spacial score (nSPS) is 13.4. The molecule has 6 N–H and O–H groups in total. The first-order chi connectivity index (χ1) is 15.3. The number of nitrogens with two attached hydrogens (primary N) is 2. The lowest BCUT2D eigenvalue weighted by Gasteiger charge is -2.22. The van der Waals surface area contributed by atoms with Gasteiger partial charge in [-0.25, -0.2) is 0 Å². The van der Waals surface area contributed by atoms with E-state index in [9.17, 15) is 4.79 Å². The van der Waals surface area contributed by atoms with Crippen molar-refractivity contribution in [2.24, 2.45) is 11.5 Å². The van der Waals surface area contributed by atoms with E-state index in [1.165, 1.54) is 5.56 Å². The Labute approximate surface area is 200 Å². The smallest absolute Gasteiger partial charge is 0.237 e. The first kappa shape index (κ1) is 27.1. The van der Waals surface area contributed by atoms with E-state index in [1.807, 2.05) is 6.92 Å². The molecule has 5 heteroatoms. The monoisotopic (exact) mass is 454 g/mol. The third-order valence-electron chi connectivity index (χ3n) is 6.28. The molecule has 0 bridgehead atoms. The van der Waals surface area contributed by atoms with Gasteiger partial charge in [0.1, 0.15) is 0 Å². The van der Waals surface area contributed by atoms with Gasteiger partial charge >= 0.3 is 0 Å². The van der Waals surface area contributed by atoms with Crippen LogP contribution in [0.5, 0.6) is 0 Å². The summed E-state index contributed by atoms with van der Waals surface area (Å²) < 4.78 is 0. The lowest BCUT2D eigenvalue weighted by atomic mass is 9.82. The standard InChI is InChI=1S/C28H46N4O/c1-18(2)20-15-19(27(3,4)5)16-21-22(25(28(6,7)8)32-24(20)21)17-23(30)26(33)31-14-12-10-9-11-13-29/h15-16,23,32H,1,9-14,17,29-30H2,2-8H3,(H,31,33)/t23-/m0/s1. The van der Waals surface area contributed by atoms with Crippen LogP contribution >= 0.6 is 0 Å². The van der Waals surface area contributed by atoms with E-state index in [-0.39, 0.29) is 16.7 Å². The number of H-pyrrole nitrogens is 1. The summed E-state index contributed by atoms with van der Waals surface area (Å²) >= 11 is 0. The molecule has 0 spiro atoms.